The summed E-state index contributed by atoms with van der Waals surface area (Å²) in [7, 11) is 0. The molecule has 1 N–H and O–H groups in total. The number of nitrogens with zero attached hydrogens (tertiary/aromatic N) is 5. The molecule has 7 rings (SSSR count). The Labute approximate surface area is 247 Å². The Hall–Kier alpha value is -4.25. The summed E-state index contributed by atoms with van der Waals surface area (Å²) in [6, 6.07) is 12.6. The van der Waals surface area contributed by atoms with E-state index >= 15 is 0 Å². The zero-order valence-corrected chi connectivity index (χ0v) is 24.5. The first kappa shape index (κ1) is 27.9. The van der Waals surface area contributed by atoms with Crippen molar-refractivity contribution in [2.75, 3.05) is 6.54 Å². The molecule has 42 heavy (non-hydrogen) atoms. The number of rotatable bonds is 9. The van der Waals surface area contributed by atoms with E-state index in [2.05, 4.69) is 42.1 Å². The van der Waals surface area contributed by atoms with E-state index in [1.54, 1.807) is 55.3 Å². The summed E-state index contributed by atoms with van der Waals surface area (Å²) in [6.07, 6.45) is 13.8. The third-order valence-corrected chi connectivity index (χ3v) is 10.4. The molecule has 3 heterocycles. The Kier molecular flexibility index (Phi) is 7.22. The number of benzene rings is 1. The number of hydrogen-bond donors (Lipinski definition) is 1. The van der Waals surface area contributed by atoms with Gasteiger partial charge in [-0.15, -0.1) is 0 Å². The van der Waals surface area contributed by atoms with Crippen molar-refractivity contribution in [3.63, 3.8) is 0 Å². The Balaban J connectivity index is 1.35. The van der Waals surface area contributed by atoms with E-state index in [9.17, 15) is 14.9 Å². The maximum Gasteiger partial charge on any atom is 0.254 e. The quantitative estimate of drug-likeness (QED) is 0.291. The molecule has 216 valence electrons. The summed E-state index contributed by atoms with van der Waals surface area (Å²) in [6.45, 7) is 8.31. The van der Waals surface area contributed by atoms with Crippen molar-refractivity contribution >= 4 is 11.7 Å². The first-order valence-corrected chi connectivity index (χ1v) is 14.9. The molecule has 1 saturated heterocycles. The minimum atomic E-state index is -0.928. The van der Waals surface area contributed by atoms with Gasteiger partial charge in [-0.3, -0.25) is 19.5 Å². The van der Waals surface area contributed by atoms with Crippen LogP contribution in [-0.4, -0.2) is 43.2 Å². The van der Waals surface area contributed by atoms with Gasteiger partial charge in [0.25, 0.3) is 5.91 Å². The van der Waals surface area contributed by atoms with Crippen LogP contribution in [0.2, 0.25) is 0 Å². The van der Waals surface area contributed by atoms with Gasteiger partial charge in [-0.25, -0.2) is 4.98 Å². The van der Waals surface area contributed by atoms with Crippen molar-refractivity contribution in [2.24, 2.45) is 29.1 Å². The van der Waals surface area contributed by atoms with E-state index in [4.69, 9.17) is 0 Å². The maximum atomic E-state index is 14.6. The van der Waals surface area contributed by atoms with Crippen molar-refractivity contribution in [2.45, 2.75) is 58.5 Å². The third kappa shape index (κ3) is 5.02. The molecule has 4 fully saturated rings. The smallest absolute Gasteiger partial charge is 0.254 e. The highest BCUT2D eigenvalue weighted by molar-refractivity contribution is 6.06. The average molecular weight is 563 g/mol. The number of carbonyl (C=O) groups is 2. The molecule has 2 bridgehead atoms. The van der Waals surface area contributed by atoms with Gasteiger partial charge in [-0.05, 0) is 90.3 Å². The number of amides is 1. The lowest BCUT2D eigenvalue weighted by Crippen LogP contribution is -2.57. The maximum absolute atomic E-state index is 14.6. The number of allylic oxidation sites excluding steroid dienone is 1. The highest BCUT2D eigenvalue weighted by atomic mass is 16.2. The average Bonchev–Trinajstić information content (AvgIpc) is 3.60. The van der Waals surface area contributed by atoms with Gasteiger partial charge in [0, 0.05) is 55.9 Å². The van der Waals surface area contributed by atoms with Gasteiger partial charge in [0.2, 0.25) is 0 Å². The Morgan fingerprint density at radius 1 is 1.12 bits per heavy atom. The van der Waals surface area contributed by atoms with E-state index in [-0.39, 0.29) is 11.7 Å². The Bertz CT molecular complexity index is 1520. The highest BCUT2D eigenvalue weighted by Gasteiger charge is 2.57. The fraction of sp³-hybridized carbons (Fsp3) is 0.441. The van der Waals surface area contributed by atoms with Crippen LogP contribution in [0, 0.1) is 40.4 Å². The molecule has 8 nitrogen and oxygen atoms in total. The highest BCUT2D eigenvalue weighted by Crippen LogP contribution is 2.63. The molecule has 1 aromatic carbocycles. The van der Waals surface area contributed by atoms with Crippen molar-refractivity contribution in [1.29, 1.82) is 5.26 Å². The molecule has 1 amide bonds. The first-order chi connectivity index (χ1) is 20.2. The van der Waals surface area contributed by atoms with Crippen LogP contribution in [0.5, 0.6) is 0 Å². The second-order valence-corrected chi connectivity index (χ2v) is 13.0. The number of pyridine rings is 1. The number of carbonyl (C=O) groups excluding carboxylic acids is 2. The minimum Gasteiger partial charge on any atom is -0.357 e. The second-order valence-electron chi connectivity index (χ2n) is 13.0. The van der Waals surface area contributed by atoms with Crippen LogP contribution in [0.4, 0.5) is 0 Å². The second kappa shape index (κ2) is 10.9. The van der Waals surface area contributed by atoms with Crippen LogP contribution < -0.4 is 5.32 Å². The number of aromatic nitrogens is 3. The molecule has 0 radical (unpaired) electrons. The third-order valence-electron chi connectivity index (χ3n) is 10.4. The molecule has 3 saturated carbocycles. The number of aryl methyl sites for hydroxylation is 1. The van der Waals surface area contributed by atoms with Crippen LogP contribution >= 0.6 is 0 Å². The largest absolute Gasteiger partial charge is 0.357 e. The molecule has 0 spiro atoms. The van der Waals surface area contributed by atoms with E-state index < -0.39 is 5.54 Å². The molecule has 5 unspecified atom stereocenters. The molecule has 8 heteroatoms. The van der Waals surface area contributed by atoms with Gasteiger partial charge in [-0.2, -0.15) is 5.26 Å². The zero-order valence-electron chi connectivity index (χ0n) is 24.5. The number of nitriles is 1. The number of ketones is 1. The summed E-state index contributed by atoms with van der Waals surface area (Å²) in [5.41, 5.74) is 1.41. The number of imidazole rings is 1. The fourth-order valence-corrected chi connectivity index (χ4v) is 7.64. The van der Waals surface area contributed by atoms with E-state index in [1.165, 1.54) is 6.42 Å². The molecule has 2 aromatic heterocycles. The molecular weight excluding hydrogens is 524 g/mol. The molecule has 5 atom stereocenters. The lowest BCUT2D eigenvalue weighted by molar-refractivity contribution is -0.142. The predicted molar refractivity (Wildman–Crippen MR) is 159 cm³/mol. The predicted octanol–water partition coefficient (Wildman–Crippen LogP) is 5.00. The van der Waals surface area contributed by atoms with Gasteiger partial charge in [0.15, 0.2) is 5.78 Å². The van der Waals surface area contributed by atoms with Crippen molar-refractivity contribution in [3.05, 3.63) is 96.1 Å². The molecule has 1 aliphatic heterocycles. The summed E-state index contributed by atoms with van der Waals surface area (Å²) >= 11 is 0. The van der Waals surface area contributed by atoms with Crippen LogP contribution in [0.1, 0.15) is 61.5 Å². The standard InChI is InChI=1S/C34H38N6O2/c1-23-27(16-28-17-29(23)33(28,2)3)21-40-31(18-30(41)26-6-4-25(20-35)5-7-26)38-34(32(40)42,10-14-39-15-13-37-22-39)19-24-8-11-36-12-9-24/h4-9,11-13,15,18,22-23,27-29,38H,10,14,16-17,19,21H2,1-3H3. The molecule has 4 aliphatic rings. The summed E-state index contributed by atoms with van der Waals surface area (Å²) < 4.78 is 1.98. The van der Waals surface area contributed by atoms with Crippen molar-refractivity contribution in [3.8, 4) is 6.07 Å². The van der Waals surface area contributed by atoms with Gasteiger partial charge in [-0.1, -0.05) is 20.8 Å². The molecular formula is C34H38N6O2. The van der Waals surface area contributed by atoms with Crippen LogP contribution in [0.15, 0.2) is 79.4 Å². The topological polar surface area (TPSA) is 104 Å². The lowest BCUT2D eigenvalue weighted by Gasteiger charge is -2.62. The number of hydrogen-bond acceptors (Lipinski definition) is 6. The van der Waals surface area contributed by atoms with E-state index in [1.807, 2.05) is 27.8 Å². The molecule has 3 aromatic rings. The number of fused-ring (bicyclic) bond motifs is 2. The SMILES string of the molecule is CC1C(CN2C(=O)C(CCn3ccnc3)(Cc3ccncc3)NC2=CC(=O)c2ccc(C#N)cc2)CC2CC1C2(C)C. The zero-order chi connectivity index (χ0) is 29.5. The van der Waals surface area contributed by atoms with Crippen molar-refractivity contribution < 1.29 is 9.59 Å². The molecule has 3 aliphatic carbocycles. The summed E-state index contributed by atoms with van der Waals surface area (Å²) in [4.78, 5) is 38.4. The normalized spacial score (nSPS) is 28.7. The summed E-state index contributed by atoms with van der Waals surface area (Å²) in [5.74, 6) is 2.55. The lowest BCUT2D eigenvalue weighted by atomic mass is 9.43. The Morgan fingerprint density at radius 3 is 2.52 bits per heavy atom. The number of nitrogens with one attached hydrogen (secondary N) is 1. The van der Waals surface area contributed by atoms with Crippen LogP contribution in [0.3, 0.4) is 0 Å². The van der Waals surface area contributed by atoms with Gasteiger partial charge < -0.3 is 9.88 Å². The van der Waals surface area contributed by atoms with Crippen LogP contribution in [-0.2, 0) is 17.8 Å². The summed E-state index contributed by atoms with van der Waals surface area (Å²) in [5, 5.41) is 12.8. The monoisotopic (exact) mass is 562 g/mol. The van der Waals surface area contributed by atoms with E-state index in [0.29, 0.717) is 72.0 Å². The Morgan fingerprint density at radius 2 is 1.88 bits per heavy atom. The minimum absolute atomic E-state index is 0.00372. The first-order valence-electron chi connectivity index (χ1n) is 14.9. The van der Waals surface area contributed by atoms with Gasteiger partial charge >= 0.3 is 0 Å². The van der Waals surface area contributed by atoms with Crippen LogP contribution in [0.25, 0.3) is 0 Å². The van der Waals surface area contributed by atoms with E-state index in [0.717, 1.165) is 12.0 Å². The van der Waals surface area contributed by atoms with Crippen molar-refractivity contribution in [1.82, 2.24) is 24.8 Å². The van der Waals surface area contributed by atoms with Gasteiger partial charge in [0.1, 0.15) is 11.4 Å². The fourth-order valence-electron chi connectivity index (χ4n) is 7.64. The van der Waals surface area contributed by atoms with Gasteiger partial charge in [0.05, 0.1) is 18.0 Å².